The van der Waals surface area contributed by atoms with Gasteiger partial charge >= 0.3 is 6.09 Å². The van der Waals surface area contributed by atoms with E-state index in [-0.39, 0.29) is 0 Å². The Morgan fingerprint density at radius 2 is 2.00 bits per heavy atom. The maximum absolute atomic E-state index is 10.6. The second-order valence-electron chi connectivity index (χ2n) is 6.04. The van der Waals surface area contributed by atoms with Crippen LogP contribution >= 0.6 is 0 Å². The molecule has 0 saturated carbocycles. The first-order valence-corrected chi connectivity index (χ1v) is 9.16. The number of carbonyl (C=O) groups is 1. The Bertz CT molecular complexity index is 893. The fraction of sp³-hybridized carbons (Fsp3) is 0.300. The average molecular weight is 384 g/mol. The Balaban J connectivity index is 0.000000320. The van der Waals surface area contributed by atoms with Crippen LogP contribution in [0.3, 0.4) is 0 Å². The van der Waals surface area contributed by atoms with E-state index in [9.17, 15) is 4.79 Å². The molecule has 148 valence electrons. The van der Waals surface area contributed by atoms with Crippen LogP contribution in [0, 0.1) is 0 Å². The number of benzene rings is 2. The minimum Gasteiger partial charge on any atom is -0.494 e. The van der Waals surface area contributed by atoms with Gasteiger partial charge in [-0.05, 0) is 43.3 Å². The van der Waals surface area contributed by atoms with Crippen LogP contribution in [0.2, 0.25) is 0 Å². The molecule has 28 heavy (non-hydrogen) atoms. The van der Waals surface area contributed by atoms with Crippen LogP contribution in [-0.2, 0) is 4.74 Å². The normalized spacial score (nSPS) is 13.5. The lowest BCUT2D eigenvalue weighted by molar-refractivity contribution is 0.109. The highest BCUT2D eigenvalue weighted by atomic mass is 16.5. The summed E-state index contributed by atoms with van der Waals surface area (Å²) in [4.78, 5) is 15.0. The molecule has 0 unspecified atom stereocenters. The number of aromatic nitrogens is 2. The SMILES string of the molecule is C1COCCN1.CCOc1ccc2c(c1)ncn2-c1ccc(NC(=O)O)cc1. The predicted octanol–water partition coefficient (Wildman–Crippen LogP) is 3.12. The lowest BCUT2D eigenvalue weighted by Crippen LogP contribution is -2.30. The maximum Gasteiger partial charge on any atom is 0.409 e. The highest BCUT2D eigenvalue weighted by molar-refractivity contribution is 5.83. The topological polar surface area (TPSA) is 97.6 Å². The summed E-state index contributed by atoms with van der Waals surface area (Å²) >= 11 is 0. The van der Waals surface area contributed by atoms with Crippen molar-refractivity contribution in [2.75, 3.05) is 38.2 Å². The van der Waals surface area contributed by atoms with Crippen LogP contribution in [0.25, 0.3) is 16.7 Å². The number of ether oxygens (including phenoxy) is 2. The lowest BCUT2D eigenvalue weighted by atomic mass is 10.2. The monoisotopic (exact) mass is 384 g/mol. The molecule has 3 N–H and O–H groups in total. The zero-order chi connectivity index (χ0) is 19.8. The molecule has 1 saturated heterocycles. The van der Waals surface area contributed by atoms with Gasteiger partial charge in [-0.2, -0.15) is 0 Å². The summed E-state index contributed by atoms with van der Waals surface area (Å²) < 4.78 is 12.4. The van der Waals surface area contributed by atoms with E-state index in [1.807, 2.05) is 41.8 Å². The van der Waals surface area contributed by atoms with Gasteiger partial charge in [0.05, 0.1) is 30.9 Å². The van der Waals surface area contributed by atoms with Gasteiger partial charge in [0.25, 0.3) is 0 Å². The predicted molar refractivity (Wildman–Crippen MR) is 108 cm³/mol. The van der Waals surface area contributed by atoms with Crippen molar-refractivity contribution in [3.8, 4) is 11.4 Å². The third-order valence-electron chi connectivity index (χ3n) is 4.07. The van der Waals surface area contributed by atoms with Crippen molar-refractivity contribution in [2.24, 2.45) is 0 Å². The number of imidazole rings is 1. The third kappa shape index (κ3) is 5.21. The van der Waals surface area contributed by atoms with Crippen molar-refractivity contribution < 1.29 is 19.4 Å². The minimum absolute atomic E-state index is 0.527. The molecule has 1 aromatic heterocycles. The van der Waals surface area contributed by atoms with E-state index in [2.05, 4.69) is 15.6 Å². The van der Waals surface area contributed by atoms with Crippen molar-refractivity contribution in [1.82, 2.24) is 14.9 Å². The minimum atomic E-state index is -1.08. The number of fused-ring (bicyclic) bond motifs is 1. The van der Waals surface area contributed by atoms with E-state index >= 15 is 0 Å². The van der Waals surface area contributed by atoms with E-state index in [1.165, 1.54) is 0 Å². The zero-order valence-electron chi connectivity index (χ0n) is 15.7. The summed E-state index contributed by atoms with van der Waals surface area (Å²) in [7, 11) is 0. The Labute approximate surface area is 163 Å². The summed E-state index contributed by atoms with van der Waals surface area (Å²) in [5, 5.41) is 14.2. The molecular formula is C20H24N4O4. The molecule has 2 aromatic carbocycles. The second-order valence-corrected chi connectivity index (χ2v) is 6.04. The Morgan fingerprint density at radius 3 is 2.57 bits per heavy atom. The molecule has 8 heteroatoms. The molecule has 0 atom stereocenters. The molecule has 8 nitrogen and oxygen atoms in total. The van der Waals surface area contributed by atoms with Gasteiger partial charge in [0.15, 0.2) is 0 Å². The third-order valence-corrected chi connectivity index (χ3v) is 4.07. The lowest BCUT2D eigenvalue weighted by Gasteiger charge is -2.10. The molecular weight excluding hydrogens is 360 g/mol. The number of carboxylic acid groups (broad SMARTS) is 1. The maximum atomic E-state index is 10.6. The van der Waals surface area contributed by atoms with E-state index < -0.39 is 6.09 Å². The molecule has 0 radical (unpaired) electrons. The van der Waals surface area contributed by atoms with Gasteiger partial charge in [0, 0.05) is 30.5 Å². The van der Waals surface area contributed by atoms with Gasteiger partial charge in [-0.3, -0.25) is 9.88 Å². The number of hydrogen-bond acceptors (Lipinski definition) is 5. The van der Waals surface area contributed by atoms with E-state index in [0.717, 1.165) is 48.8 Å². The second kappa shape index (κ2) is 9.72. The van der Waals surface area contributed by atoms with E-state index in [0.29, 0.717) is 12.3 Å². The zero-order valence-corrected chi connectivity index (χ0v) is 15.7. The Kier molecular flexibility index (Phi) is 6.83. The summed E-state index contributed by atoms with van der Waals surface area (Å²) in [6.45, 7) is 6.39. The standard InChI is InChI=1S/C16H15N3O3.C4H9NO/c1-2-22-13-7-8-15-14(9-13)17-10-19(15)12-5-3-11(4-6-12)18-16(20)21;1-3-6-4-2-5-1/h3-10,18H,2H2,1H3,(H,20,21);5H,1-4H2. The van der Waals surface area contributed by atoms with Crippen LogP contribution in [0.1, 0.15) is 6.92 Å². The van der Waals surface area contributed by atoms with Crippen molar-refractivity contribution in [3.05, 3.63) is 48.8 Å². The first-order chi connectivity index (χ1) is 13.7. The molecule has 0 spiro atoms. The average Bonchev–Trinajstić information content (AvgIpc) is 3.13. The van der Waals surface area contributed by atoms with Crippen LogP contribution in [0.5, 0.6) is 5.75 Å². The van der Waals surface area contributed by atoms with Crippen molar-refractivity contribution >= 4 is 22.8 Å². The summed E-state index contributed by atoms with van der Waals surface area (Å²) in [5.41, 5.74) is 3.24. The van der Waals surface area contributed by atoms with Crippen LogP contribution in [-0.4, -0.2) is 53.7 Å². The number of rotatable bonds is 4. The number of morpholine rings is 1. The van der Waals surface area contributed by atoms with Gasteiger partial charge < -0.3 is 19.9 Å². The number of amides is 1. The van der Waals surface area contributed by atoms with Gasteiger partial charge in [-0.25, -0.2) is 9.78 Å². The fourth-order valence-corrected chi connectivity index (χ4v) is 2.80. The molecule has 1 fully saturated rings. The smallest absolute Gasteiger partial charge is 0.409 e. The van der Waals surface area contributed by atoms with Gasteiger partial charge in [-0.15, -0.1) is 0 Å². The highest BCUT2D eigenvalue weighted by Gasteiger charge is 2.06. The van der Waals surface area contributed by atoms with Gasteiger partial charge in [-0.1, -0.05) is 0 Å². The number of nitrogens with zero attached hydrogens (tertiary/aromatic N) is 2. The first-order valence-electron chi connectivity index (χ1n) is 9.16. The highest BCUT2D eigenvalue weighted by Crippen LogP contribution is 2.23. The molecule has 1 aliphatic rings. The van der Waals surface area contributed by atoms with Crippen LogP contribution < -0.4 is 15.4 Å². The summed E-state index contributed by atoms with van der Waals surface area (Å²) in [5.74, 6) is 0.793. The summed E-state index contributed by atoms with van der Waals surface area (Å²) in [6, 6.07) is 12.9. The Morgan fingerprint density at radius 1 is 1.25 bits per heavy atom. The molecule has 0 aliphatic carbocycles. The molecule has 0 bridgehead atoms. The quantitative estimate of drug-likeness (QED) is 0.639. The van der Waals surface area contributed by atoms with Crippen molar-refractivity contribution in [1.29, 1.82) is 0 Å². The first kappa shape index (κ1) is 19.7. The largest absolute Gasteiger partial charge is 0.494 e. The van der Waals surface area contributed by atoms with Gasteiger partial charge in [0.2, 0.25) is 0 Å². The fourth-order valence-electron chi connectivity index (χ4n) is 2.80. The van der Waals surface area contributed by atoms with E-state index in [4.69, 9.17) is 14.6 Å². The summed E-state index contributed by atoms with van der Waals surface area (Å²) in [6.07, 6.45) is 0.657. The van der Waals surface area contributed by atoms with Crippen LogP contribution in [0.15, 0.2) is 48.8 Å². The molecule has 3 aromatic rings. The molecule has 1 amide bonds. The van der Waals surface area contributed by atoms with Crippen LogP contribution in [0.4, 0.5) is 10.5 Å². The van der Waals surface area contributed by atoms with Crippen molar-refractivity contribution in [2.45, 2.75) is 6.92 Å². The molecule has 1 aliphatic heterocycles. The number of hydrogen-bond donors (Lipinski definition) is 3. The molecule has 4 rings (SSSR count). The van der Waals surface area contributed by atoms with Crippen molar-refractivity contribution in [3.63, 3.8) is 0 Å². The van der Waals surface area contributed by atoms with E-state index in [1.54, 1.807) is 18.5 Å². The molecule has 2 heterocycles. The number of nitrogens with one attached hydrogen (secondary N) is 2. The van der Waals surface area contributed by atoms with Gasteiger partial charge in [0.1, 0.15) is 12.1 Å². The Hall–Kier alpha value is -3.10. The number of anilines is 1.